The van der Waals surface area contributed by atoms with Gasteiger partial charge >= 0.3 is 0 Å². The Bertz CT molecular complexity index is 235. The van der Waals surface area contributed by atoms with Crippen LogP contribution >= 0.6 is 11.3 Å². The normalized spacial score (nSPS) is 9.55. The van der Waals surface area contributed by atoms with Crippen LogP contribution in [0.5, 0.6) is 0 Å². The van der Waals surface area contributed by atoms with Gasteiger partial charge in [0.05, 0.1) is 0 Å². The Morgan fingerprint density at radius 1 is 1.64 bits per heavy atom. The Hall–Kier alpha value is -0.970. The fourth-order valence-electron chi connectivity index (χ4n) is 0.677. The molecule has 0 saturated heterocycles. The molecule has 1 aromatic rings. The number of hydrogen-bond acceptors (Lipinski definition) is 4. The highest BCUT2D eigenvalue weighted by Gasteiger charge is 2.00. The van der Waals surface area contributed by atoms with Crippen LogP contribution in [0.25, 0.3) is 0 Å². The standard InChI is InChI=1S/C6H9N3OS/c1-2-3-5-8-9-6(11-5)7-4-10/h4H,2-3H2,1H3,(H,7,9,10). The molecule has 11 heavy (non-hydrogen) atoms. The first-order valence-electron chi connectivity index (χ1n) is 3.39. The summed E-state index contributed by atoms with van der Waals surface area (Å²) in [6, 6.07) is 0. The van der Waals surface area contributed by atoms with Gasteiger partial charge < -0.3 is 5.32 Å². The number of carbonyl (C=O) groups is 1. The molecule has 0 aliphatic heterocycles. The second-order valence-electron chi connectivity index (χ2n) is 2.01. The summed E-state index contributed by atoms with van der Waals surface area (Å²) < 4.78 is 0. The lowest BCUT2D eigenvalue weighted by Crippen LogP contribution is -1.91. The van der Waals surface area contributed by atoms with Crippen LogP contribution in [0.2, 0.25) is 0 Å². The predicted octanol–water partition coefficient (Wildman–Crippen LogP) is 1.06. The fourth-order valence-corrected chi connectivity index (χ4v) is 1.48. The minimum absolute atomic E-state index is 0.573. The molecule has 0 spiro atoms. The molecule has 0 bridgehead atoms. The molecule has 0 aliphatic rings. The molecule has 0 unspecified atom stereocenters. The van der Waals surface area contributed by atoms with Crippen LogP contribution in [-0.4, -0.2) is 16.6 Å². The number of rotatable bonds is 4. The van der Waals surface area contributed by atoms with E-state index in [0.29, 0.717) is 11.5 Å². The van der Waals surface area contributed by atoms with E-state index in [1.807, 2.05) is 0 Å². The molecule has 0 saturated carbocycles. The first kappa shape index (κ1) is 8.13. The molecule has 1 heterocycles. The zero-order valence-corrected chi connectivity index (χ0v) is 7.02. The highest BCUT2D eigenvalue weighted by atomic mass is 32.1. The molecule has 0 fully saturated rings. The quantitative estimate of drug-likeness (QED) is 0.689. The fraction of sp³-hybridized carbons (Fsp3) is 0.500. The summed E-state index contributed by atoms with van der Waals surface area (Å²) in [7, 11) is 0. The van der Waals surface area contributed by atoms with E-state index in [-0.39, 0.29) is 0 Å². The van der Waals surface area contributed by atoms with Gasteiger partial charge in [-0.1, -0.05) is 18.3 Å². The van der Waals surface area contributed by atoms with Gasteiger partial charge in [-0.05, 0) is 6.42 Å². The number of nitrogens with one attached hydrogen (secondary N) is 1. The van der Waals surface area contributed by atoms with Crippen molar-refractivity contribution in [3.8, 4) is 0 Å². The molecule has 1 N–H and O–H groups in total. The molecular weight excluding hydrogens is 162 g/mol. The van der Waals surface area contributed by atoms with Gasteiger partial charge in [-0.25, -0.2) is 0 Å². The SMILES string of the molecule is CCCc1nnc(NC=O)s1. The number of aryl methyl sites for hydroxylation is 1. The summed E-state index contributed by atoms with van der Waals surface area (Å²) >= 11 is 1.42. The third-order valence-electron chi connectivity index (χ3n) is 1.11. The zero-order valence-electron chi connectivity index (χ0n) is 6.20. The molecule has 0 radical (unpaired) electrons. The van der Waals surface area contributed by atoms with Gasteiger partial charge in [-0.15, -0.1) is 10.2 Å². The van der Waals surface area contributed by atoms with Crippen molar-refractivity contribution in [3.05, 3.63) is 5.01 Å². The molecule has 1 rings (SSSR count). The van der Waals surface area contributed by atoms with Crippen LogP contribution in [0.3, 0.4) is 0 Å². The summed E-state index contributed by atoms with van der Waals surface area (Å²) in [5.74, 6) is 0. The van der Waals surface area contributed by atoms with Crippen LogP contribution in [0.4, 0.5) is 5.13 Å². The average molecular weight is 171 g/mol. The highest BCUT2D eigenvalue weighted by molar-refractivity contribution is 7.15. The topological polar surface area (TPSA) is 54.9 Å². The van der Waals surface area contributed by atoms with Crippen LogP contribution in [-0.2, 0) is 11.2 Å². The van der Waals surface area contributed by atoms with Crippen LogP contribution in [0.1, 0.15) is 18.4 Å². The van der Waals surface area contributed by atoms with Gasteiger partial charge in [0, 0.05) is 6.42 Å². The van der Waals surface area contributed by atoms with E-state index >= 15 is 0 Å². The number of aromatic nitrogens is 2. The molecule has 1 aromatic heterocycles. The van der Waals surface area contributed by atoms with Crippen molar-refractivity contribution >= 4 is 22.9 Å². The Labute approximate surface area is 68.7 Å². The van der Waals surface area contributed by atoms with Gasteiger partial charge in [0.2, 0.25) is 11.5 Å². The van der Waals surface area contributed by atoms with Crippen molar-refractivity contribution in [1.82, 2.24) is 10.2 Å². The Balaban J connectivity index is 2.57. The van der Waals surface area contributed by atoms with Gasteiger partial charge in [-0.3, -0.25) is 4.79 Å². The summed E-state index contributed by atoms with van der Waals surface area (Å²) in [4.78, 5) is 9.97. The first-order valence-corrected chi connectivity index (χ1v) is 4.21. The van der Waals surface area contributed by atoms with Gasteiger partial charge in [0.25, 0.3) is 0 Å². The van der Waals surface area contributed by atoms with Crippen LogP contribution in [0, 0.1) is 0 Å². The lowest BCUT2D eigenvalue weighted by atomic mass is 10.4. The molecular formula is C6H9N3OS. The van der Waals surface area contributed by atoms with E-state index in [1.54, 1.807) is 0 Å². The molecule has 0 atom stereocenters. The second-order valence-corrected chi connectivity index (χ2v) is 3.08. The minimum atomic E-state index is 0.573. The average Bonchev–Trinajstić information content (AvgIpc) is 2.38. The number of carbonyl (C=O) groups excluding carboxylic acids is 1. The summed E-state index contributed by atoms with van der Waals surface area (Å²) in [6.07, 6.45) is 2.59. The van der Waals surface area contributed by atoms with E-state index in [2.05, 4.69) is 22.4 Å². The van der Waals surface area contributed by atoms with E-state index in [0.717, 1.165) is 17.8 Å². The predicted molar refractivity (Wildman–Crippen MR) is 43.6 cm³/mol. The maximum atomic E-state index is 9.97. The molecule has 0 aliphatic carbocycles. The zero-order chi connectivity index (χ0) is 8.10. The van der Waals surface area contributed by atoms with E-state index in [4.69, 9.17) is 0 Å². The van der Waals surface area contributed by atoms with Crippen molar-refractivity contribution in [3.63, 3.8) is 0 Å². The van der Waals surface area contributed by atoms with E-state index in [1.165, 1.54) is 11.3 Å². The maximum Gasteiger partial charge on any atom is 0.213 e. The van der Waals surface area contributed by atoms with Gasteiger partial charge in [-0.2, -0.15) is 0 Å². The third-order valence-corrected chi connectivity index (χ3v) is 2.03. The lowest BCUT2D eigenvalue weighted by Gasteiger charge is -1.85. The number of hydrogen-bond donors (Lipinski definition) is 1. The number of amides is 1. The van der Waals surface area contributed by atoms with Crippen LogP contribution < -0.4 is 5.32 Å². The number of nitrogens with zero attached hydrogens (tertiary/aromatic N) is 2. The summed E-state index contributed by atoms with van der Waals surface area (Å²) in [5.41, 5.74) is 0. The monoisotopic (exact) mass is 171 g/mol. The highest BCUT2D eigenvalue weighted by Crippen LogP contribution is 2.15. The van der Waals surface area contributed by atoms with Gasteiger partial charge in [0.1, 0.15) is 5.01 Å². The van der Waals surface area contributed by atoms with Crippen molar-refractivity contribution in [1.29, 1.82) is 0 Å². The second kappa shape index (κ2) is 4.02. The lowest BCUT2D eigenvalue weighted by molar-refractivity contribution is -0.105. The summed E-state index contributed by atoms with van der Waals surface area (Å²) in [5, 5.41) is 11.6. The maximum absolute atomic E-state index is 9.97. The minimum Gasteiger partial charge on any atom is -0.303 e. The molecule has 5 heteroatoms. The molecule has 4 nitrogen and oxygen atoms in total. The molecule has 60 valence electrons. The smallest absolute Gasteiger partial charge is 0.213 e. The third kappa shape index (κ3) is 2.27. The van der Waals surface area contributed by atoms with E-state index < -0.39 is 0 Å². The Kier molecular flexibility index (Phi) is 2.97. The van der Waals surface area contributed by atoms with Crippen LogP contribution in [0.15, 0.2) is 0 Å². The summed E-state index contributed by atoms with van der Waals surface area (Å²) in [6.45, 7) is 2.08. The molecule has 0 aromatic carbocycles. The van der Waals surface area contributed by atoms with E-state index in [9.17, 15) is 4.79 Å². The van der Waals surface area contributed by atoms with Gasteiger partial charge in [0.15, 0.2) is 0 Å². The Morgan fingerprint density at radius 2 is 2.45 bits per heavy atom. The van der Waals surface area contributed by atoms with Crippen molar-refractivity contribution in [2.45, 2.75) is 19.8 Å². The Morgan fingerprint density at radius 3 is 3.09 bits per heavy atom. The molecule has 1 amide bonds. The van der Waals surface area contributed by atoms with Crippen molar-refractivity contribution < 1.29 is 4.79 Å². The van der Waals surface area contributed by atoms with Crippen molar-refractivity contribution in [2.24, 2.45) is 0 Å². The largest absolute Gasteiger partial charge is 0.303 e. The van der Waals surface area contributed by atoms with Crippen molar-refractivity contribution in [2.75, 3.05) is 5.32 Å². The first-order chi connectivity index (χ1) is 5.36. The number of anilines is 1.